The highest BCUT2D eigenvalue weighted by Crippen LogP contribution is 2.40. The fourth-order valence-electron chi connectivity index (χ4n) is 3.14. The smallest absolute Gasteiger partial charge is 0.161 e. The van der Waals surface area contributed by atoms with E-state index in [1.54, 1.807) is 14.2 Å². The molecule has 5 nitrogen and oxygen atoms in total. The molecule has 1 saturated heterocycles. The fraction of sp³-hybridized carbons (Fsp3) is 0.389. The van der Waals surface area contributed by atoms with E-state index in [1.807, 2.05) is 24.5 Å². The first-order chi connectivity index (χ1) is 11.7. The van der Waals surface area contributed by atoms with Gasteiger partial charge in [0, 0.05) is 43.0 Å². The van der Waals surface area contributed by atoms with Gasteiger partial charge in [0.2, 0.25) is 0 Å². The van der Waals surface area contributed by atoms with Gasteiger partial charge in [0.1, 0.15) is 0 Å². The van der Waals surface area contributed by atoms with Gasteiger partial charge in [0.15, 0.2) is 11.5 Å². The third kappa shape index (κ3) is 3.55. The van der Waals surface area contributed by atoms with E-state index in [0.29, 0.717) is 0 Å². The number of pyridine rings is 1. The Morgan fingerprint density at radius 2 is 1.88 bits per heavy atom. The molecule has 1 aliphatic heterocycles. The predicted octanol–water partition coefficient (Wildman–Crippen LogP) is 2.86. The lowest BCUT2D eigenvalue weighted by atomic mass is 9.97. The Kier molecular flexibility index (Phi) is 5.71. The first kappa shape index (κ1) is 17.2. The second kappa shape index (κ2) is 7.96. The van der Waals surface area contributed by atoms with Gasteiger partial charge >= 0.3 is 0 Å². The highest BCUT2D eigenvalue weighted by molar-refractivity contribution is 9.10. The van der Waals surface area contributed by atoms with Crippen molar-refractivity contribution in [3.63, 3.8) is 0 Å². The quantitative estimate of drug-likeness (QED) is 0.848. The number of ether oxygens (including phenoxy) is 2. The molecule has 0 spiro atoms. The summed E-state index contributed by atoms with van der Waals surface area (Å²) >= 11 is 3.72. The molecule has 1 aromatic carbocycles. The average molecular weight is 392 g/mol. The molecule has 3 rings (SSSR count). The van der Waals surface area contributed by atoms with E-state index in [1.165, 1.54) is 5.56 Å². The number of hydrogen-bond acceptors (Lipinski definition) is 5. The highest BCUT2D eigenvalue weighted by Gasteiger charge is 2.27. The molecule has 0 amide bonds. The Bertz CT molecular complexity index is 675. The highest BCUT2D eigenvalue weighted by atomic mass is 79.9. The number of rotatable bonds is 5. The van der Waals surface area contributed by atoms with Crippen LogP contribution in [0.5, 0.6) is 11.5 Å². The van der Waals surface area contributed by atoms with Gasteiger partial charge in [0.05, 0.1) is 20.3 Å². The van der Waals surface area contributed by atoms with E-state index in [-0.39, 0.29) is 6.04 Å². The first-order valence-corrected chi connectivity index (χ1v) is 8.80. The number of nitrogens with zero attached hydrogens (tertiary/aromatic N) is 2. The normalized spacial score (nSPS) is 16.6. The standard InChI is InChI=1S/C18H22BrN3O2/c1-23-16-10-14(15(19)11-17(16)24-2)18(13-4-3-5-21-12-13)22-8-6-20-7-9-22/h3-5,10-12,18,20H,6-9H2,1-2H3. The summed E-state index contributed by atoms with van der Waals surface area (Å²) in [6.45, 7) is 3.95. The van der Waals surface area contributed by atoms with Crippen molar-refractivity contribution in [2.75, 3.05) is 40.4 Å². The van der Waals surface area contributed by atoms with Crippen LogP contribution in [-0.2, 0) is 0 Å². The molecule has 1 atom stereocenters. The molecule has 1 aromatic heterocycles. The van der Waals surface area contributed by atoms with Gasteiger partial charge in [0.25, 0.3) is 0 Å². The SMILES string of the molecule is COc1cc(Br)c(C(c2cccnc2)N2CCNCC2)cc1OC. The van der Waals surface area contributed by atoms with E-state index in [2.05, 4.69) is 43.3 Å². The Labute approximate surface area is 151 Å². The Hall–Kier alpha value is -1.63. The predicted molar refractivity (Wildman–Crippen MR) is 97.8 cm³/mol. The van der Waals surface area contributed by atoms with Gasteiger partial charge in [-0.2, -0.15) is 0 Å². The van der Waals surface area contributed by atoms with Crippen molar-refractivity contribution in [1.82, 2.24) is 15.2 Å². The van der Waals surface area contributed by atoms with Crippen molar-refractivity contribution in [2.45, 2.75) is 6.04 Å². The van der Waals surface area contributed by atoms with Crippen LogP contribution in [0.2, 0.25) is 0 Å². The van der Waals surface area contributed by atoms with Gasteiger partial charge < -0.3 is 14.8 Å². The van der Waals surface area contributed by atoms with Crippen molar-refractivity contribution in [1.29, 1.82) is 0 Å². The van der Waals surface area contributed by atoms with Crippen molar-refractivity contribution >= 4 is 15.9 Å². The molecule has 128 valence electrons. The maximum atomic E-state index is 5.51. The van der Waals surface area contributed by atoms with Gasteiger partial charge in [-0.3, -0.25) is 9.88 Å². The summed E-state index contributed by atoms with van der Waals surface area (Å²) in [4.78, 5) is 6.79. The van der Waals surface area contributed by atoms with Gasteiger partial charge in [-0.15, -0.1) is 0 Å². The van der Waals surface area contributed by atoms with Gasteiger partial charge in [-0.25, -0.2) is 0 Å². The maximum Gasteiger partial charge on any atom is 0.161 e. The fourth-order valence-corrected chi connectivity index (χ4v) is 3.68. The number of aromatic nitrogens is 1. The summed E-state index contributed by atoms with van der Waals surface area (Å²) in [7, 11) is 3.32. The van der Waals surface area contributed by atoms with Crippen LogP contribution >= 0.6 is 15.9 Å². The molecule has 2 heterocycles. The summed E-state index contributed by atoms with van der Waals surface area (Å²) in [5.74, 6) is 1.46. The minimum absolute atomic E-state index is 0.120. The molecule has 24 heavy (non-hydrogen) atoms. The minimum atomic E-state index is 0.120. The minimum Gasteiger partial charge on any atom is -0.493 e. The number of hydrogen-bond donors (Lipinski definition) is 1. The maximum absolute atomic E-state index is 5.51. The third-order valence-corrected chi connectivity index (χ3v) is 5.00. The summed E-state index contributed by atoms with van der Waals surface area (Å²) in [5, 5.41) is 3.41. The monoisotopic (exact) mass is 391 g/mol. The van der Waals surface area contributed by atoms with Crippen molar-refractivity contribution in [2.24, 2.45) is 0 Å². The lowest BCUT2D eigenvalue weighted by Crippen LogP contribution is -2.45. The van der Waals surface area contributed by atoms with E-state index in [4.69, 9.17) is 9.47 Å². The summed E-state index contributed by atoms with van der Waals surface area (Å²) < 4.78 is 11.9. The zero-order chi connectivity index (χ0) is 16.9. The van der Waals surface area contributed by atoms with Crippen LogP contribution in [-0.4, -0.2) is 50.3 Å². The summed E-state index contributed by atoms with van der Waals surface area (Å²) in [6.07, 6.45) is 3.75. The van der Waals surface area contributed by atoms with E-state index < -0.39 is 0 Å². The Morgan fingerprint density at radius 1 is 1.17 bits per heavy atom. The van der Waals surface area contributed by atoms with Crippen molar-refractivity contribution in [3.05, 3.63) is 52.3 Å². The molecule has 0 aliphatic carbocycles. The van der Waals surface area contributed by atoms with Crippen LogP contribution in [0.1, 0.15) is 17.2 Å². The zero-order valence-corrected chi connectivity index (χ0v) is 15.5. The molecule has 1 fully saturated rings. The molecule has 1 N–H and O–H groups in total. The molecule has 1 aliphatic rings. The van der Waals surface area contributed by atoms with E-state index in [0.717, 1.165) is 47.7 Å². The molecule has 0 saturated carbocycles. The number of methoxy groups -OCH3 is 2. The lowest BCUT2D eigenvalue weighted by Gasteiger charge is -2.36. The average Bonchev–Trinajstić information content (AvgIpc) is 2.64. The van der Waals surface area contributed by atoms with Crippen LogP contribution in [0, 0.1) is 0 Å². The van der Waals surface area contributed by atoms with Crippen molar-refractivity contribution < 1.29 is 9.47 Å². The van der Waals surface area contributed by atoms with E-state index >= 15 is 0 Å². The second-order valence-electron chi connectivity index (χ2n) is 5.70. The van der Waals surface area contributed by atoms with Crippen LogP contribution in [0.25, 0.3) is 0 Å². The topological polar surface area (TPSA) is 46.6 Å². The van der Waals surface area contributed by atoms with Gasteiger partial charge in [-0.05, 0) is 29.3 Å². The van der Waals surface area contributed by atoms with Crippen LogP contribution in [0.4, 0.5) is 0 Å². The molecule has 1 unspecified atom stereocenters. The van der Waals surface area contributed by atoms with Crippen LogP contribution < -0.4 is 14.8 Å². The van der Waals surface area contributed by atoms with Gasteiger partial charge in [-0.1, -0.05) is 22.0 Å². The first-order valence-electron chi connectivity index (χ1n) is 8.00. The lowest BCUT2D eigenvalue weighted by molar-refractivity contribution is 0.197. The van der Waals surface area contributed by atoms with Crippen molar-refractivity contribution in [3.8, 4) is 11.5 Å². The zero-order valence-electron chi connectivity index (χ0n) is 14.0. The van der Waals surface area contributed by atoms with E-state index in [9.17, 15) is 0 Å². The number of halogens is 1. The molecule has 2 aromatic rings. The largest absolute Gasteiger partial charge is 0.493 e. The molecule has 0 radical (unpaired) electrons. The third-order valence-electron chi connectivity index (χ3n) is 4.31. The number of nitrogens with one attached hydrogen (secondary N) is 1. The Balaban J connectivity index is 2.08. The molecule has 0 bridgehead atoms. The number of piperazine rings is 1. The second-order valence-corrected chi connectivity index (χ2v) is 6.56. The Morgan fingerprint density at radius 3 is 2.50 bits per heavy atom. The van der Waals surface area contributed by atoms with Crippen LogP contribution in [0.3, 0.4) is 0 Å². The molecule has 6 heteroatoms. The summed E-state index contributed by atoms with van der Waals surface area (Å²) in [5.41, 5.74) is 2.33. The molecular weight excluding hydrogens is 370 g/mol. The van der Waals surface area contributed by atoms with Crippen LogP contribution in [0.15, 0.2) is 41.1 Å². The molecular formula is C18H22BrN3O2. The number of benzene rings is 1. The summed E-state index contributed by atoms with van der Waals surface area (Å²) in [6, 6.07) is 8.26.